The highest BCUT2D eigenvalue weighted by Crippen LogP contribution is 2.65. The summed E-state index contributed by atoms with van der Waals surface area (Å²) in [7, 11) is 0. The third-order valence-electron chi connectivity index (χ3n) is 7.13. The van der Waals surface area contributed by atoms with Crippen LogP contribution in [0.5, 0.6) is 0 Å². The predicted molar refractivity (Wildman–Crippen MR) is 113 cm³/mol. The molecule has 0 radical (unpaired) electrons. The summed E-state index contributed by atoms with van der Waals surface area (Å²) >= 11 is 5.89. The number of carbonyl (C=O) groups excluding carboxylic acids is 3. The molecule has 5 nitrogen and oxygen atoms in total. The van der Waals surface area contributed by atoms with Gasteiger partial charge in [-0.3, -0.25) is 14.4 Å². The van der Waals surface area contributed by atoms with Crippen LogP contribution in [0, 0.1) is 35.5 Å². The Kier molecular flexibility index (Phi) is 3.75. The molecule has 1 heterocycles. The molecular formula is C24H19ClN2O3. The van der Waals surface area contributed by atoms with E-state index in [0.29, 0.717) is 33.8 Å². The first-order valence-corrected chi connectivity index (χ1v) is 10.6. The summed E-state index contributed by atoms with van der Waals surface area (Å²) in [6.07, 6.45) is 5.45. The number of hydrogen-bond donors (Lipinski definition) is 1. The van der Waals surface area contributed by atoms with E-state index in [9.17, 15) is 14.4 Å². The first-order valence-electron chi connectivity index (χ1n) is 10.3. The van der Waals surface area contributed by atoms with Crippen molar-refractivity contribution in [3.05, 3.63) is 71.3 Å². The molecule has 150 valence electrons. The molecule has 2 aromatic carbocycles. The van der Waals surface area contributed by atoms with Crippen molar-refractivity contribution >= 4 is 40.7 Å². The maximum Gasteiger partial charge on any atom is 0.255 e. The van der Waals surface area contributed by atoms with Crippen molar-refractivity contribution in [2.75, 3.05) is 10.2 Å². The highest BCUT2D eigenvalue weighted by atomic mass is 35.5. The molecule has 1 N–H and O–H groups in total. The van der Waals surface area contributed by atoms with Crippen LogP contribution < -0.4 is 10.2 Å². The lowest BCUT2D eigenvalue weighted by Gasteiger charge is -2.37. The highest BCUT2D eigenvalue weighted by Gasteiger charge is 2.67. The van der Waals surface area contributed by atoms with Gasteiger partial charge in [-0.25, -0.2) is 4.90 Å². The van der Waals surface area contributed by atoms with Crippen molar-refractivity contribution in [1.29, 1.82) is 0 Å². The average Bonchev–Trinajstić information content (AvgIpc) is 3.53. The molecule has 0 spiro atoms. The van der Waals surface area contributed by atoms with Gasteiger partial charge in [0.25, 0.3) is 5.91 Å². The van der Waals surface area contributed by atoms with Gasteiger partial charge in [0.2, 0.25) is 11.8 Å². The van der Waals surface area contributed by atoms with Gasteiger partial charge in [0.05, 0.1) is 17.5 Å². The van der Waals surface area contributed by atoms with Gasteiger partial charge in [0, 0.05) is 16.3 Å². The van der Waals surface area contributed by atoms with Crippen LogP contribution in [0.15, 0.2) is 60.7 Å². The summed E-state index contributed by atoms with van der Waals surface area (Å²) in [6, 6.07) is 13.6. The molecule has 3 fully saturated rings. The molecule has 30 heavy (non-hydrogen) atoms. The van der Waals surface area contributed by atoms with E-state index in [0.717, 1.165) is 6.42 Å². The molecule has 5 aliphatic rings. The molecule has 2 bridgehead atoms. The lowest BCUT2D eigenvalue weighted by Crippen LogP contribution is -2.40. The first kappa shape index (κ1) is 17.9. The Morgan fingerprint density at radius 3 is 2.20 bits per heavy atom. The number of allylic oxidation sites excluding steroid dienone is 2. The number of imide groups is 1. The van der Waals surface area contributed by atoms with Crippen LogP contribution in [0.3, 0.4) is 0 Å². The summed E-state index contributed by atoms with van der Waals surface area (Å²) in [5, 5.41) is 3.40. The molecule has 2 saturated carbocycles. The van der Waals surface area contributed by atoms with Gasteiger partial charge in [0.15, 0.2) is 0 Å². The van der Waals surface area contributed by atoms with E-state index in [1.165, 1.54) is 4.90 Å². The smallest absolute Gasteiger partial charge is 0.255 e. The number of benzene rings is 2. The minimum absolute atomic E-state index is 0.120. The van der Waals surface area contributed by atoms with Crippen LogP contribution in [0.4, 0.5) is 11.4 Å². The SMILES string of the molecule is O=C(Nc1ccc(Cl)cc1)c1cccc(N2C(=O)[C@@H]3[C@H]4C=C[C@@H]([C@@H]5C[C@H]45)[C@H]3C2=O)c1. The zero-order chi connectivity index (χ0) is 20.6. The van der Waals surface area contributed by atoms with Gasteiger partial charge in [-0.1, -0.05) is 29.8 Å². The molecule has 4 aliphatic carbocycles. The van der Waals surface area contributed by atoms with Crippen LogP contribution in [-0.2, 0) is 9.59 Å². The van der Waals surface area contributed by atoms with Crippen LogP contribution >= 0.6 is 11.6 Å². The zero-order valence-electron chi connectivity index (χ0n) is 16.0. The Morgan fingerprint density at radius 1 is 0.933 bits per heavy atom. The molecule has 6 heteroatoms. The van der Waals surface area contributed by atoms with Crippen molar-refractivity contribution in [3.63, 3.8) is 0 Å². The van der Waals surface area contributed by atoms with E-state index < -0.39 is 0 Å². The standard InChI is InChI=1S/C24H19ClN2O3/c25-13-4-6-14(7-5-13)26-22(28)12-2-1-3-15(10-12)27-23(29)20-16-8-9-17(19-11-18(16)19)21(20)24(27)30/h1-10,16-21H,11H2,(H,26,28)/t16-,17-,18-,19+,20+,21+/m0/s1. The average molecular weight is 419 g/mol. The molecule has 0 unspecified atom stereocenters. The number of nitrogens with one attached hydrogen (secondary N) is 1. The van der Waals surface area contributed by atoms with Gasteiger partial charge in [-0.2, -0.15) is 0 Å². The number of rotatable bonds is 3. The zero-order valence-corrected chi connectivity index (χ0v) is 16.8. The van der Waals surface area contributed by atoms with Gasteiger partial charge in [0.1, 0.15) is 0 Å². The number of hydrogen-bond acceptors (Lipinski definition) is 3. The van der Waals surface area contributed by atoms with E-state index in [-0.39, 0.29) is 41.4 Å². The normalized spacial score (nSPS) is 32.8. The van der Waals surface area contributed by atoms with Gasteiger partial charge in [-0.05, 0) is 72.6 Å². The van der Waals surface area contributed by atoms with Gasteiger partial charge in [-0.15, -0.1) is 0 Å². The number of nitrogens with zero attached hydrogens (tertiary/aromatic N) is 1. The third-order valence-corrected chi connectivity index (χ3v) is 7.38. The number of anilines is 2. The number of amides is 3. The maximum atomic E-state index is 13.3. The molecule has 1 saturated heterocycles. The summed E-state index contributed by atoms with van der Waals surface area (Å²) in [6.45, 7) is 0. The Labute approximate surface area is 178 Å². The number of halogens is 1. The van der Waals surface area contributed by atoms with E-state index in [1.54, 1.807) is 48.5 Å². The van der Waals surface area contributed by atoms with E-state index >= 15 is 0 Å². The maximum absolute atomic E-state index is 13.3. The quantitative estimate of drug-likeness (QED) is 0.601. The fraction of sp³-hybridized carbons (Fsp3) is 0.292. The van der Waals surface area contributed by atoms with Crippen molar-refractivity contribution in [1.82, 2.24) is 0 Å². The van der Waals surface area contributed by atoms with Crippen LogP contribution in [0.2, 0.25) is 5.02 Å². The molecule has 6 atom stereocenters. The number of carbonyl (C=O) groups is 3. The van der Waals surface area contributed by atoms with E-state index in [4.69, 9.17) is 11.6 Å². The largest absolute Gasteiger partial charge is 0.322 e. The lowest BCUT2D eigenvalue weighted by molar-refractivity contribution is -0.124. The minimum Gasteiger partial charge on any atom is -0.322 e. The Hall–Kier alpha value is -2.92. The fourth-order valence-corrected chi connectivity index (χ4v) is 5.86. The van der Waals surface area contributed by atoms with Gasteiger partial charge < -0.3 is 5.32 Å². The second kappa shape index (κ2) is 6.29. The highest BCUT2D eigenvalue weighted by molar-refractivity contribution is 6.30. The van der Waals surface area contributed by atoms with Crippen LogP contribution in [-0.4, -0.2) is 17.7 Å². The second-order valence-electron chi connectivity index (χ2n) is 8.68. The summed E-state index contributed by atoms with van der Waals surface area (Å²) in [5.74, 6) is 0.453. The van der Waals surface area contributed by atoms with Crippen molar-refractivity contribution in [2.45, 2.75) is 6.42 Å². The van der Waals surface area contributed by atoms with Crippen molar-refractivity contribution < 1.29 is 14.4 Å². The Bertz CT molecular complexity index is 1090. The van der Waals surface area contributed by atoms with Crippen LogP contribution in [0.25, 0.3) is 0 Å². The van der Waals surface area contributed by atoms with Crippen molar-refractivity contribution in [3.8, 4) is 0 Å². The third kappa shape index (κ3) is 2.51. The summed E-state index contributed by atoms with van der Waals surface area (Å²) in [5.41, 5.74) is 1.48. The Morgan fingerprint density at radius 2 is 1.57 bits per heavy atom. The fourth-order valence-electron chi connectivity index (χ4n) is 5.73. The lowest BCUT2D eigenvalue weighted by atomic mass is 9.63. The summed E-state index contributed by atoms with van der Waals surface area (Å²) in [4.78, 5) is 40.5. The van der Waals surface area contributed by atoms with E-state index in [2.05, 4.69) is 17.5 Å². The monoisotopic (exact) mass is 418 g/mol. The molecule has 7 rings (SSSR count). The summed E-state index contributed by atoms with van der Waals surface area (Å²) < 4.78 is 0. The molecular weight excluding hydrogens is 400 g/mol. The predicted octanol–water partition coefficient (Wildman–Crippen LogP) is 4.15. The topological polar surface area (TPSA) is 66.5 Å². The molecule has 0 aromatic heterocycles. The van der Waals surface area contributed by atoms with E-state index in [1.807, 2.05) is 0 Å². The molecule has 2 aromatic rings. The van der Waals surface area contributed by atoms with Crippen molar-refractivity contribution in [2.24, 2.45) is 35.5 Å². The first-order chi connectivity index (χ1) is 14.5. The second-order valence-corrected chi connectivity index (χ2v) is 9.11. The Balaban J connectivity index is 1.28. The molecule has 1 aliphatic heterocycles. The minimum atomic E-state index is -0.307. The van der Waals surface area contributed by atoms with Gasteiger partial charge >= 0.3 is 0 Å². The van der Waals surface area contributed by atoms with Crippen LogP contribution in [0.1, 0.15) is 16.8 Å². The molecule has 3 amide bonds.